The summed E-state index contributed by atoms with van der Waals surface area (Å²) in [7, 11) is -7.88. The molecule has 42 heavy (non-hydrogen) atoms. The molecular formula is C27H39Cl2NO9PS2+. The number of aryl methyl sites for hydroxylation is 1. The van der Waals surface area contributed by atoms with Crippen molar-refractivity contribution < 1.29 is 41.4 Å². The van der Waals surface area contributed by atoms with Gasteiger partial charge in [-0.25, -0.2) is 4.79 Å². The smallest absolute Gasteiger partial charge is 0.490 e. The Balaban J connectivity index is 2.63. The van der Waals surface area contributed by atoms with Gasteiger partial charge in [0.25, 0.3) is 10.0 Å². The molecule has 1 aromatic carbocycles. The first-order valence-electron chi connectivity index (χ1n) is 13.4. The Morgan fingerprint density at radius 1 is 1.02 bits per heavy atom. The van der Waals surface area contributed by atoms with E-state index in [2.05, 4.69) is 0 Å². The summed E-state index contributed by atoms with van der Waals surface area (Å²) in [4.78, 5) is 23.6. The number of rotatable bonds is 16. The van der Waals surface area contributed by atoms with Gasteiger partial charge >= 0.3 is 14.3 Å². The Morgan fingerprint density at radius 3 is 2.05 bits per heavy atom. The molecule has 1 amide bonds. The van der Waals surface area contributed by atoms with Gasteiger partial charge in [-0.3, -0.25) is 0 Å². The highest BCUT2D eigenvalue weighted by molar-refractivity contribution is 7.91. The molecule has 1 unspecified atom stereocenters. The lowest BCUT2D eigenvalue weighted by Crippen LogP contribution is -2.55. The molecule has 0 aliphatic rings. The van der Waals surface area contributed by atoms with Crippen LogP contribution in [0.3, 0.4) is 0 Å². The number of alkyl halides is 2. The van der Waals surface area contributed by atoms with Crippen molar-refractivity contribution in [2.45, 2.75) is 82.8 Å². The fourth-order valence-corrected chi connectivity index (χ4v) is 7.98. The molecule has 0 aliphatic carbocycles. The molecule has 0 fully saturated rings. The van der Waals surface area contributed by atoms with Crippen molar-refractivity contribution in [2.24, 2.45) is 0 Å². The number of carbonyl (C=O) groups excluding carboxylic acids is 1. The largest absolute Gasteiger partial charge is 0.697 e. The molecule has 0 radical (unpaired) electrons. The van der Waals surface area contributed by atoms with Crippen LogP contribution in [0.4, 0.5) is 4.79 Å². The van der Waals surface area contributed by atoms with Gasteiger partial charge in [0.05, 0.1) is 13.2 Å². The van der Waals surface area contributed by atoms with Crippen LogP contribution in [0.15, 0.2) is 28.5 Å². The van der Waals surface area contributed by atoms with E-state index in [1.807, 2.05) is 13.0 Å². The highest BCUT2D eigenvalue weighted by Crippen LogP contribution is 2.43. The van der Waals surface area contributed by atoms with Crippen LogP contribution in [0.1, 0.15) is 65.9 Å². The quantitative estimate of drug-likeness (QED) is 0.0812. The van der Waals surface area contributed by atoms with Crippen LogP contribution < -0.4 is 9.47 Å². The molecule has 10 nitrogen and oxygen atoms in total. The lowest BCUT2D eigenvalue weighted by molar-refractivity contribution is -0.0544. The average molecular weight is 688 g/mol. The summed E-state index contributed by atoms with van der Waals surface area (Å²) in [6, 6.07) is 6.58. The van der Waals surface area contributed by atoms with Crippen molar-refractivity contribution in [3.8, 4) is 21.9 Å². The number of halogens is 2. The highest BCUT2D eigenvalue weighted by Gasteiger charge is 2.53. The predicted octanol–water partition coefficient (Wildman–Crippen LogP) is 7.85. The second-order valence-electron chi connectivity index (χ2n) is 10.2. The van der Waals surface area contributed by atoms with Crippen molar-refractivity contribution in [2.75, 3.05) is 25.0 Å². The van der Waals surface area contributed by atoms with E-state index in [-0.39, 0.29) is 17.1 Å². The summed E-state index contributed by atoms with van der Waals surface area (Å²) in [6.07, 6.45) is -0.159. The first kappa shape index (κ1) is 36.5. The van der Waals surface area contributed by atoms with E-state index in [1.165, 1.54) is 6.07 Å². The standard InChI is InChI=1S/C27H38Cl2NO9PS2/c1-7-27(8-2,39-40(32)33)30(25(31)38-26(4,5)6)42(34,35)24-12-11-23(41-24)20-18-22(37-16-10-14-29)21(17-19(20)3)36-15-9-13-28/h11-12,17-18H,7-10,13-16H2,1-6H3/p+1. The minimum Gasteiger partial charge on any atom is -0.490 e. The molecule has 0 saturated carbocycles. The molecule has 0 aliphatic heterocycles. The van der Waals surface area contributed by atoms with Crippen molar-refractivity contribution >= 4 is 58.9 Å². The van der Waals surface area contributed by atoms with Crippen molar-refractivity contribution in [1.82, 2.24) is 4.31 Å². The maximum absolute atomic E-state index is 14.1. The summed E-state index contributed by atoms with van der Waals surface area (Å²) in [5.74, 6) is 1.87. The summed E-state index contributed by atoms with van der Waals surface area (Å²) in [5, 5.41) is 0. The van der Waals surface area contributed by atoms with Crippen molar-refractivity contribution in [1.29, 1.82) is 0 Å². The normalized spacial score (nSPS) is 12.6. The van der Waals surface area contributed by atoms with Gasteiger partial charge < -0.3 is 14.2 Å². The number of amides is 1. The zero-order valence-electron chi connectivity index (χ0n) is 24.6. The molecule has 236 valence electrons. The number of sulfonamides is 1. The Kier molecular flexibility index (Phi) is 13.8. The van der Waals surface area contributed by atoms with Gasteiger partial charge in [-0.15, -0.1) is 39.4 Å². The van der Waals surface area contributed by atoms with Crippen LogP contribution in [0.2, 0.25) is 0 Å². The fraction of sp³-hybridized carbons (Fsp3) is 0.593. The minimum atomic E-state index is -4.62. The molecule has 2 aromatic rings. The lowest BCUT2D eigenvalue weighted by atomic mass is 10.1. The van der Waals surface area contributed by atoms with Crippen LogP contribution in [0, 0.1) is 6.92 Å². The molecule has 0 spiro atoms. The van der Waals surface area contributed by atoms with E-state index in [0.717, 1.165) is 16.9 Å². The second-order valence-corrected chi connectivity index (χ2v) is 14.8. The van der Waals surface area contributed by atoms with Crippen molar-refractivity contribution in [3.05, 3.63) is 29.8 Å². The van der Waals surface area contributed by atoms with E-state index in [4.69, 9.17) is 41.9 Å². The van der Waals surface area contributed by atoms with Gasteiger partial charge in [-0.2, -0.15) is 12.7 Å². The molecule has 1 atom stereocenters. The van der Waals surface area contributed by atoms with Gasteiger partial charge in [-0.1, -0.05) is 18.4 Å². The van der Waals surface area contributed by atoms with Crippen molar-refractivity contribution in [3.63, 3.8) is 0 Å². The average Bonchev–Trinajstić information content (AvgIpc) is 3.39. The minimum absolute atomic E-state index is 0.102. The van der Waals surface area contributed by atoms with Crippen LogP contribution >= 0.6 is 42.8 Å². The summed E-state index contributed by atoms with van der Waals surface area (Å²) < 4.78 is 62.7. The van der Waals surface area contributed by atoms with E-state index in [1.54, 1.807) is 46.8 Å². The topological polar surface area (TPSA) is 129 Å². The number of hydrogen-bond donors (Lipinski definition) is 1. The highest BCUT2D eigenvalue weighted by atomic mass is 35.5. The zero-order valence-corrected chi connectivity index (χ0v) is 28.7. The van der Waals surface area contributed by atoms with E-state index in [0.29, 0.717) is 64.1 Å². The summed E-state index contributed by atoms with van der Waals surface area (Å²) in [5.41, 5.74) is -1.52. The Labute approximate surface area is 263 Å². The van der Waals surface area contributed by atoms with Gasteiger partial charge in [0.1, 0.15) is 9.81 Å². The number of benzene rings is 1. The molecule has 1 aromatic heterocycles. The van der Waals surface area contributed by atoms with Gasteiger partial charge in [0.15, 0.2) is 11.5 Å². The van der Waals surface area contributed by atoms with Gasteiger partial charge in [0, 0.05) is 21.2 Å². The number of ether oxygens (including phenoxy) is 3. The van der Waals surface area contributed by atoms with Gasteiger partial charge in [-0.05, 0) is 88.8 Å². The monoisotopic (exact) mass is 686 g/mol. The van der Waals surface area contributed by atoms with E-state index in [9.17, 15) is 22.7 Å². The van der Waals surface area contributed by atoms with Crippen LogP contribution in [-0.2, 0) is 23.8 Å². The maximum atomic E-state index is 14.1. The van der Waals surface area contributed by atoms with Crippen LogP contribution in [0.5, 0.6) is 11.5 Å². The SMILES string of the molecule is CCC(CC)(O[P+](=O)O)N(C(=O)OC(C)(C)C)S(=O)(=O)c1ccc(-c2cc(OCCCCl)c(OCCCCl)cc2C)s1. The Bertz CT molecular complexity index is 1330. The third-order valence-corrected chi connectivity index (χ3v) is 10.4. The molecule has 1 heterocycles. The maximum Gasteiger partial charge on any atom is 0.697 e. The zero-order chi connectivity index (χ0) is 31.7. The fourth-order valence-electron chi connectivity index (χ4n) is 3.96. The molecule has 0 saturated heterocycles. The number of thiophene rings is 1. The molecule has 1 N–H and O–H groups in total. The molecule has 2 rings (SSSR count). The third kappa shape index (κ3) is 9.42. The number of carbonyl (C=O) groups is 1. The van der Waals surface area contributed by atoms with Gasteiger partial charge in [0.2, 0.25) is 5.72 Å². The van der Waals surface area contributed by atoms with Crippen LogP contribution in [-0.4, -0.2) is 60.0 Å². The lowest BCUT2D eigenvalue weighted by Gasteiger charge is -2.37. The molecule has 15 heteroatoms. The first-order valence-corrected chi connectivity index (χ1v) is 17.9. The molecule has 0 bridgehead atoms. The second kappa shape index (κ2) is 15.9. The first-order chi connectivity index (χ1) is 19.7. The summed E-state index contributed by atoms with van der Waals surface area (Å²) in [6.45, 7) is 10.5. The predicted molar refractivity (Wildman–Crippen MR) is 166 cm³/mol. The van der Waals surface area contributed by atoms with E-state index < -0.39 is 35.7 Å². The summed E-state index contributed by atoms with van der Waals surface area (Å²) >= 11 is 12.5. The Morgan fingerprint density at radius 2 is 1.57 bits per heavy atom. The number of hydrogen-bond acceptors (Lipinski definition) is 9. The third-order valence-electron chi connectivity index (χ3n) is 5.99. The van der Waals surface area contributed by atoms with Crippen LogP contribution in [0.25, 0.3) is 10.4 Å². The Hall–Kier alpha value is -1.66. The van der Waals surface area contributed by atoms with E-state index >= 15 is 0 Å². The number of nitrogens with zero attached hydrogens (tertiary/aromatic N) is 1. The molecular weight excluding hydrogens is 648 g/mol.